The highest BCUT2D eigenvalue weighted by atomic mass is 79.9. The summed E-state index contributed by atoms with van der Waals surface area (Å²) in [5.41, 5.74) is 5.72. The van der Waals surface area contributed by atoms with Gasteiger partial charge in [0.25, 0.3) is 10.0 Å². The number of sulfonamides is 1. The van der Waals surface area contributed by atoms with Crippen LogP contribution in [0.25, 0.3) is 0 Å². The molecule has 0 saturated carbocycles. The van der Waals surface area contributed by atoms with Crippen molar-refractivity contribution in [3.8, 4) is 0 Å². The molecule has 0 radical (unpaired) electrons. The van der Waals surface area contributed by atoms with Crippen LogP contribution in [0.1, 0.15) is 0 Å². The van der Waals surface area contributed by atoms with E-state index in [1.54, 1.807) is 0 Å². The van der Waals surface area contributed by atoms with Crippen molar-refractivity contribution in [1.29, 1.82) is 0 Å². The van der Waals surface area contributed by atoms with Gasteiger partial charge in [0.1, 0.15) is 4.90 Å². The summed E-state index contributed by atoms with van der Waals surface area (Å²) >= 11 is 14.5. The van der Waals surface area contributed by atoms with Gasteiger partial charge in [-0.2, -0.15) is 0 Å². The van der Waals surface area contributed by atoms with E-state index in [1.165, 1.54) is 24.3 Å². The fourth-order valence-electron chi connectivity index (χ4n) is 1.55. The van der Waals surface area contributed by atoms with E-state index in [4.69, 9.17) is 28.9 Å². The Hall–Kier alpha value is -1.02. The molecule has 0 aliphatic rings. The number of anilines is 2. The highest BCUT2D eigenvalue weighted by Gasteiger charge is 2.22. The van der Waals surface area contributed by atoms with Crippen molar-refractivity contribution in [2.75, 3.05) is 10.5 Å². The molecule has 0 bridgehead atoms. The second-order valence-electron chi connectivity index (χ2n) is 4.04. The average Bonchev–Trinajstić information content (AvgIpc) is 2.37. The van der Waals surface area contributed by atoms with Crippen LogP contribution in [0.5, 0.6) is 0 Å². The average molecular weight is 414 g/mol. The molecule has 2 aromatic carbocycles. The number of nitrogens with one attached hydrogen (secondary N) is 1. The lowest BCUT2D eigenvalue weighted by Gasteiger charge is -2.12. The van der Waals surface area contributed by atoms with Gasteiger partial charge >= 0.3 is 0 Å². The van der Waals surface area contributed by atoms with E-state index < -0.39 is 20.7 Å². The lowest BCUT2D eigenvalue weighted by molar-refractivity contribution is 0.567. The first kappa shape index (κ1) is 16.4. The molecule has 0 spiro atoms. The molecule has 0 unspecified atom stereocenters. The summed E-state index contributed by atoms with van der Waals surface area (Å²) in [7, 11) is -4.19. The highest BCUT2D eigenvalue weighted by molar-refractivity contribution is 9.10. The summed E-state index contributed by atoms with van der Waals surface area (Å²) in [5.74, 6) is -0.943. The zero-order valence-electron chi connectivity index (χ0n) is 10.2. The lowest BCUT2D eigenvalue weighted by atomic mass is 10.3. The Labute approximate surface area is 139 Å². The van der Waals surface area contributed by atoms with E-state index in [-0.39, 0.29) is 20.9 Å². The Kier molecular flexibility index (Phi) is 4.67. The molecule has 2 aromatic rings. The number of nitrogen functional groups attached to an aromatic ring is 1. The molecule has 21 heavy (non-hydrogen) atoms. The van der Waals surface area contributed by atoms with Crippen molar-refractivity contribution in [2.24, 2.45) is 0 Å². The maximum atomic E-state index is 14.0. The van der Waals surface area contributed by atoms with Crippen LogP contribution >= 0.6 is 39.1 Å². The summed E-state index contributed by atoms with van der Waals surface area (Å²) in [6.07, 6.45) is 0. The molecule has 9 heteroatoms. The third kappa shape index (κ3) is 3.60. The van der Waals surface area contributed by atoms with Gasteiger partial charge in [-0.1, -0.05) is 23.2 Å². The van der Waals surface area contributed by atoms with Gasteiger partial charge in [-0.15, -0.1) is 0 Å². The zero-order valence-corrected chi connectivity index (χ0v) is 14.1. The molecule has 0 fully saturated rings. The smallest absolute Gasteiger partial charge is 0.264 e. The minimum atomic E-state index is -4.19. The van der Waals surface area contributed by atoms with Crippen molar-refractivity contribution in [3.63, 3.8) is 0 Å². The van der Waals surface area contributed by atoms with E-state index in [0.29, 0.717) is 5.02 Å². The van der Waals surface area contributed by atoms with Crippen molar-refractivity contribution in [3.05, 3.63) is 50.7 Å². The van der Waals surface area contributed by atoms with E-state index in [0.717, 1.165) is 6.07 Å². The molecular weight excluding hydrogens is 406 g/mol. The van der Waals surface area contributed by atoms with Crippen LogP contribution < -0.4 is 10.5 Å². The van der Waals surface area contributed by atoms with Gasteiger partial charge in [-0.25, -0.2) is 12.8 Å². The van der Waals surface area contributed by atoms with Crippen LogP contribution in [0.15, 0.2) is 39.7 Å². The quantitative estimate of drug-likeness (QED) is 0.737. The van der Waals surface area contributed by atoms with Gasteiger partial charge in [-0.3, -0.25) is 4.72 Å². The van der Waals surface area contributed by atoms with Crippen molar-refractivity contribution >= 4 is 60.5 Å². The Balaban J connectivity index is 2.48. The zero-order chi connectivity index (χ0) is 15.8. The molecule has 0 aromatic heterocycles. The van der Waals surface area contributed by atoms with E-state index in [2.05, 4.69) is 20.7 Å². The van der Waals surface area contributed by atoms with Gasteiger partial charge in [-0.05, 0) is 46.3 Å². The fourth-order valence-corrected chi connectivity index (χ4v) is 3.89. The number of rotatable bonds is 3. The third-order valence-corrected chi connectivity index (χ3v) is 4.97. The Morgan fingerprint density at radius 2 is 1.86 bits per heavy atom. The number of halogens is 4. The molecule has 0 aliphatic carbocycles. The lowest BCUT2D eigenvalue weighted by Crippen LogP contribution is -2.15. The van der Waals surface area contributed by atoms with Gasteiger partial charge in [0, 0.05) is 10.7 Å². The minimum absolute atomic E-state index is 0.0509. The Morgan fingerprint density at radius 1 is 1.19 bits per heavy atom. The molecule has 0 saturated heterocycles. The summed E-state index contributed by atoms with van der Waals surface area (Å²) in [6.45, 7) is 0. The molecule has 2 rings (SSSR count). The van der Waals surface area contributed by atoms with Gasteiger partial charge in [0.15, 0.2) is 5.82 Å². The Morgan fingerprint density at radius 3 is 2.48 bits per heavy atom. The van der Waals surface area contributed by atoms with Crippen molar-refractivity contribution < 1.29 is 12.8 Å². The summed E-state index contributed by atoms with van der Waals surface area (Å²) in [6, 6.07) is 6.49. The van der Waals surface area contributed by atoms with E-state index in [9.17, 15) is 12.8 Å². The van der Waals surface area contributed by atoms with E-state index in [1.807, 2.05) is 0 Å². The van der Waals surface area contributed by atoms with Crippen LogP contribution in [0.2, 0.25) is 10.0 Å². The normalized spacial score (nSPS) is 11.4. The highest BCUT2D eigenvalue weighted by Crippen LogP contribution is 2.30. The molecule has 0 heterocycles. The molecule has 4 nitrogen and oxygen atoms in total. The first-order valence-electron chi connectivity index (χ1n) is 5.43. The first-order chi connectivity index (χ1) is 9.70. The maximum absolute atomic E-state index is 14.0. The Bertz CT molecular complexity index is 815. The summed E-state index contributed by atoms with van der Waals surface area (Å²) in [4.78, 5) is -0.583. The maximum Gasteiger partial charge on any atom is 0.264 e. The van der Waals surface area contributed by atoms with Crippen molar-refractivity contribution in [1.82, 2.24) is 0 Å². The second-order valence-corrected chi connectivity index (χ2v) is 7.39. The summed E-state index contributed by atoms with van der Waals surface area (Å²) < 4.78 is 40.6. The standard InChI is InChI=1S/C12H8BrCl2FN2O2S/c13-8-4-7(17)5-11(12(8)16)21(19,20)18-10-2-1-6(14)3-9(10)15/h1-5,18H,17H2. The predicted molar refractivity (Wildman–Crippen MR) is 85.8 cm³/mol. The predicted octanol–water partition coefficient (Wildman–Crippen LogP) is 4.28. The monoisotopic (exact) mass is 412 g/mol. The number of benzene rings is 2. The third-order valence-electron chi connectivity index (χ3n) is 2.48. The number of hydrogen-bond donors (Lipinski definition) is 2. The largest absolute Gasteiger partial charge is 0.399 e. The molecule has 0 atom stereocenters. The van der Waals surface area contributed by atoms with Crippen LogP contribution in [0.4, 0.5) is 15.8 Å². The molecule has 112 valence electrons. The molecular formula is C12H8BrCl2FN2O2S. The number of nitrogens with two attached hydrogens (primary N) is 1. The number of hydrogen-bond acceptors (Lipinski definition) is 3. The van der Waals surface area contributed by atoms with Gasteiger partial charge in [0.2, 0.25) is 0 Å². The fraction of sp³-hybridized carbons (Fsp3) is 0. The molecule has 0 aliphatic heterocycles. The summed E-state index contributed by atoms with van der Waals surface area (Å²) in [5, 5.41) is 0.440. The second kappa shape index (κ2) is 6.00. The SMILES string of the molecule is Nc1cc(Br)c(F)c(S(=O)(=O)Nc2ccc(Cl)cc2Cl)c1. The van der Waals surface area contributed by atoms with Crippen LogP contribution in [-0.4, -0.2) is 8.42 Å². The first-order valence-corrected chi connectivity index (χ1v) is 8.46. The van der Waals surface area contributed by atoms with Crippen molar-refractivity contribution in [2.45, 2.75) is 4.90 Å². The minimum Gasteiger partial charge on any atom is -0.399 e. The van der Waals surface area contributed by atoms with Crippen LogP contribution in [-0.2, 0) is 10.0 Å². The topological polar surface area (TPSA) is 72.2 Å². The van der Waals surface area contributed by atoms with E-state index >= 15 is 0 Å². The molecule has 3 N–H and O–H groups in total. The van der Waals surface area contributed by atoms with Gasteiger partial charge < -0.3 is 5.73 Å². The molecule has 0 amide bonds. The van der Waals surface area contributed by atoms with Gasteiger partial charge in [0.05, 0.1) is 15.2 Å². The van der Waals surface area contributed by atoms with Crippen LogP contribution in [0, 0.1) is 5.82 Å². The van der Waals surface area contributed by atoms with Crippen LogP contribution in [0.3, 0.4) is 0 Å².